The van der Waals surface area contributed by atoms with Gasteiger partial charge in [0, 0.05) is 25.7 Å². The van der Waals surface area contributed by atoms with Crippen molar-refractivity contribution in [1.82, 2.24) is 15.5 Å². The quantitative estimate of drug-likeness (QED) is 0.438. The predicted octanol–water partition coefficient (Wildman–Crippen LogP) is -0.0276. The highest BCUT2D eigenvalue weighted by Crippen LogP contribution is 2.24. The molecule has 15 heavy (non-hydrogen) atoms. The molecule has 0 spiro atoms. The Morgan fingerprint density at radius 2 is 2.33 bits per heavy atom. The van der Waals surface area contributed by atoms with Crippen LogP contribution in [0.1, 0.15) is 12.8 Å². The summed E-state index contributed by atoms with van der Waals surface area (Å²) in [7, 11) is 2.11. The van der Waals surface area contributed by atoms with Crippen molar-refractivity contribution in [2.24, 2.45) is 0 Å². The molecule has 1 rings (SSSR count). The van der Waals surface area contributed by atoms with Gasteiger partial charge >= 0.3 is 0 Å². The molecule has 86 valence electrons. The molecule has 0 aliphatic heterocycles. The Morgan fingerprint density at radius 3 is 2.93 bits per heavy atom. The molecule has 1 saturated carbocycles. The first-order valence-corrected chi connectivity index (χ1v) is 5.52. The van der Waals surface area contributed by atoms with E-state index in [9.17, 15) is 4.79 Å². The lowest BCUT2D eigenvalue weighted by molar-refractivity contribution is -0.120. The lowest BCUT2D eigenvalue weighted by Gasteiger charge is -2.15. The van der Waals surface area contributed by atoms with E-state index in [4.69, 9.17) is 0 Å². The lowest BCUT2D eigenvalue weighted by Crippen LogP contribution is -2.38. The van der Waals surface area contributed by atoms with E-state index >= 15 is 0 Å². The molecule has 2 N–H and O–H groups in total. The second-order valence-electron chi connectivity index (χ2n) is 3.98. The summed E-state index contributed by atoms with van der Waals surface area (Å²) in [5.41, 5.74) is 0. The van der Waals surface area contributed by atoms with Crippen molar-refractivity contribution in [2.75, 3.05) is 33.2 Å². The van der Waals surface area contributed by atoms with Gasteiger partial charge < -0.3 is 15.5 Å². The van der Waals surface area contributed by atoms with Gasteiger partial charge in [-0.05, 0) is 19.9 Å². The van der Waals surface area contributed by atoms with Gasteiger partial charge in [-0.15, -0.1) is 6.58 Å². The van der Waals surface area contributed by atoms with Gasteiger partial charge in [0.15, 0.2) is 0 Å². The van der Waals surface area contributed by atoms with Crippen LogP contribution in [0, 0.1) is 0 Å². The van der Waals surface area contributed by atoms with Crippen molar-refractivity contribution in [3.63, 3.8) is 0 Å². The first-order valence-electron chi connectivity index (χ1n) is 5.52. The van der Waals surface area contributed by atoms with Gasteiger partial charge in [0.1, 0.15) is 0 Å². The molecule has 0 unspecified atom stereocenters. The maximum Gasteiger partial charge on any atom is 0.234 e. The SMILES string of the molecule is C=CCNCC(=O)NCCN(C)C1CC1. The Morgan fingerprint density at radius 1 is 1.60 bits per heavy atom. The second kappa shape index (κ2) is 6.58. The summed E-state index contributed by atoms with van der Waals surface area (Å²) in [5.74, 6) is 0.0565. The fourth-order valence-corrected chi connectivity index (χ4v) is 1.42. The fraction of sp³-hybridized carbons (Fsp3) is 0.727. The maximum atomic E-state index is 11.3. The average molecular weight is 211 g/mol. The van der Waals surface area contributed by atoms with Crippen LogP contribution in [0.4, 0.5) is 0 Å². The number of hydrogen-bond acceptors (Lipinski definition) is 3. The molecule has 0 aromatic rings. The molecule has 0 heterocycles. The highest BCUT2D eigenvalue weighted by molar-refractivity contribution is 5.77. The molecule has 0 bridgehead atoms. The first-order chi connectivity index (χ1) is 7.24. The van der Waals surface area contributed by atoms with E-state index in [1.807, 2.05) is 0 Å². The smallest absolute Gasteiger partial charge is 0.234 e. The van der Waals surface area contributed by atoms with Crippen LogP contribution in [0.2, 0.25) is 0 Å². The Hall–Kier alpha value is -0.870. The minimum Gasteiger partial charge on any atom is -0.354 e. The van der Waals surface area contributed by atoms with Crippen molar-refractivity contribution in [1.29, 1.82) is 0 Å². The van der Waals surface area contributed by atoms with Crippen LogP contribution in [0.25, 0.3) is 0 Å². The number of carbonyl (C=O) groups is 1. The molecule has 0 aromatic carbocycles. The second-order valence-corrected chi connectivity index (χ2v) is 3.98. The van der Waals surface area contributed by atoms with E-state index in [1.165, 1.54) is 12.8 Å². The van der Waals surface area contributed by atoms with Gasteiger partial charge in [0.05, 0.1) is 6.54 Å². The van der Waals surface area contributed by atoms with E-state index < -0.39 is 0 Å². The molecular weight excluding hydrogens is 190 g/mol. The number of amides is 1. The van der Waals surface area contributed by atoms with Gasteiger partial charge in [-0.3, -0.25) is 4.79 Å². The van der Waals surface area contributed by atoms with E-state index in [0.717, 1.165) is 19.1 Å². The molecular formula is C11H21N3O. The highest BCUT2D eigenvalue weighted by atomic mass is 16.1. The van der Waals surface area contributed by atoms with Gasteiger partial charge in [-0.1, -0.05) is 6.08 Å². The number of likely N-dealkylation sites (N-methyl/N-ethyl adjacent to an activating group) is 1. The number of hydrogen-bond donors (Lipinski definition) is 2. The highest BCUT2D eigenvalue weighted by Gasteiger charge is 2.25. The zero-order valence-corrected chi connectivity index (χ0v) is 9.46. The largest absolute Gasteiger partial charge is 0.354 e. The Kier molecular flexibility index (Phi) is 5.36. The average Bonchev–Trinajstić information content (AvgIpc) is 3.01. The van der Waals surface area contributed by atoms with Crippen molar-refractivity contribution >= 4 is 5.91 Å². The van der Waals surface area contributed by atoms with Gasteiger partial charge in [-0.2, -0.15) is 0 Å². The molecule has 1 fully saturated rings. The maximum absolute atomic E-state index is 11.3. The summed E-state index contributed by atoms with van der Waals surface area (Å²) in [5, 5.41) is 5.84. The third-order valence-corrected chi connectivity index (χ3v) is 2.53. The monoisotopic (exact) mass is 211 g/mol. The Bertz CT molecular complexity index is 214. The van der Waals surface area contributed by atoms with Crippen molar-refractivity contribution in [3.8, 4) is 0 Å². The van der Waals surface area contributed by atoms with Crippen LogP contribution in [-0.2, 0) is 4.79 Å². The number of carbonyl (C=O) groups excluding carboxylic acids is 1. The van der Waals surface area contributed by atoms with Crippen LogP contribution in [-0.4, -0.2) is 50.1 Å². The summed E-state index contributed by atoms with van der Waals surface area (Å²) >= 11 is 0. The molecule has 1 amide bonds. The summed E-state index contributed by atoms with van der Waals surface area (Å²) < 4.78 is 0. The Balaban J connectivity index is 1.93. The summed E-state index contributed by atoms with van der Waals surface area (Å²) in [6.45, 7) is 6.30. The zero-order valence-electron chi connectivity index (χ0n) is 9.46. The number of nitrogens with zero attached hydrogens (tertiary/aromatic N) is 1. The molecule has 4 heteroatoms. The van der Waals surface area contributed by atoms with Crippen molar-refractivity contribution in [3.05, 3.63) is 12.7 Å². The third-order valence-electron chi connectivity index (χ3n) is 2.53. The molecule has 1 aliphatic carbocycles. The van der Waals surface area contributed by atoms with Crippen LogP contribution in [0.5, 0.6) is 0 Å². The lowest BCUT2D eigenvalue weighted by atomic mass is 10.4. The topological polar surface area (TPSA) is 44.4 Å². The van der Waals surface area contributed by atoms with E-state index in [2.05, 4.69) is 29.2 Å². The van der Waals surface area contributed by atoms with Crippen molar-refractivity contribution < 1.29 is 4.79 Å². The van der Waals surface area contributed by atoms with Crippen LogP contribution in [0.15, 0.2) is 12.7 Å². The molecule has 4 nitrogen and oxygen atoms in total. The number of rotatable bonds is 8. The Labute approximate surface area is 91.7 Å². The molecule has 0 radical (unpaired) electrons. The third kappa shape index (κ3) is 5.54. The standard InChI is InChI=1S/C11H21N3O/c1-3-6-12-9-11(15)13-7-8-14(2)10-4-5-10/h3,10,12H,1,4-9H2,2H3,(H,13,15). The van der Waals surface area contributed by atoms with Gasteiger partial charge in [0.2, 0.25) is 5.91 Å². The normalized spacial score (nSPS) is 15.3. The van der Waals surface area contributed by atoms with Gasteiger partial charge in [-0.25, -0.2) is 0 Å². The minimum absolute atomic E-state index is 0.0565. The van der Waals surface area contributed by atoms with E-state index in [0.29, 0.717) is 13.1 Å². The fourth-order valence-electron chi connectivity index (χ4n) is 1.42. The predicted molar refractivity (Wildman–Crippen MR) is 61.7 cm³/mol. The van der Waals surface area contributed by atoms with E-state index in [1.54, 1.807) is 6.08 Å². The summed E-state index contributed by atoms with van der Waals surface area (Å²) in [6, 6.07) is 0.765. The van der Waals surface area contributed by atoms with Gasteiger partial charge in [0.25, 0.3) is 0 Å². The van der Waals surface area contributed by atoms with Crippen molar-refractivity contribution in [2.45, 2.75) is 18.9 Å². The van der Waals surface area contributed by atoms with Crippen LogP contribution in [0.3, 0.4) is 0 Å². The summed E-state index contributed by atoms with van der Waals surface area (Å²) in [4.78, 5) is 13.6. The molecule has 0 saturated heterocycles. The molecule has 1 aliphatic rings. The van der Waals surface area contributed by atoms with Crippen LogP contribution >= 0.6 is 0 Å². The first kappa shape index (κ1) is 12.2. The summed E-state index contributed by atoms with van der Waals surface area (Å²) in [6.07, 6.45) is 4.37. The van der Waals surface area contributed by atoms with Crippen LogP contribution < -0.4 is 10.6 Å². The zero-order chi connectivity index (χ0) is 11.1. The molecule has 0 aromatic heterocycles. The minimum atomic E-state index is 0.0565. The number of nitrogens with one attached hydrogen (secondary N) is 2. The van der Waals surface area contributed by atoms with E-state index in [-0.39, 0.29) is 5.91 Å². The molecule has 0 atom stereocenters.